The summed E-state index contributed by atoms with van der Waals surface area (Å²) in [4.78, 5) is 11.2. The van der Waals surface area contributed by atoms with Crippen LogP contribution in [0.5, 0.6) is 0 Å². The number of thiol groups is 1. The fourth-order valence-electron chi connectivity index (χ4n) is 2.48. The van der Waals surface area contributed by atoms with Gasteiger partial charge in [-0.2, -0.15) is 12.6 Å². The molecule has 0 spiro atoms. The monoisotopic (exact) mass is 328 g/mol. The van der Waals surface area contributed by atoms with Crippen LogP contribution in [0.25, 0.3) is 0 Å². The van der Waals surface area contributed by atoms with E-state index in [1.807, 2.05) is 6.08 Å². The second-order valence-corrected chi connectivity index (χ2v) is 6.42. The van der Waals surface area contributed by atoms with E-state index in [0.717, 1.165) is 6.42 Å². The van der Waals surface area contributed by atoms with Gasteiger partial charge in [0.15, 0.2) is 0 Å². The molecule has 0 N–H and O–H groups in total. The Kier molecular flexibility index (Phi) is 18.2. The Bertz CT molecular complexity index is 264. The fraction of sp³-hybridized carbons (Fsp3) is 0.842. The second-order valence-electron chi connectivity index (χ2n) is 5.97. The predicted molar refractivity (Wildman–Crippen MR) is 99.6 cm³/mol. The van der Waals surface area contributed by atoms with Crippen molar-refractivity contribution in [2.24, 2.45) is 0 Å². The normalized spacial score (nSPS) is 11.2. The fourth-order valence-corrected chi connectivity index (χ4v) is 2.57. The number of carbonyl (C=O) groups is 1. The first-order chi connectivity index (χ1) is 10.8. The first kappa shape index (κ1) is 21.6. The molecule has 0 heterocycles. The number of unbranched alkanes of at least 4 members (excludes halogenated alkanes) is 12. The van der Waals surface area contributed by atoms with Gasteiger partial charge in [-0.05, 0) is 12.8 Å². The molecule has 0 aromatic rings. The molecule has 0 aromatic heterocycles. The van der Waals surface area contributed by atoms with Crippen LogP contribution in [0, 0.1) is 0 Å². The summed E-state index contributed by atoms with van der Waals surface area (Å²) in [6, 6.07) is 0. The Morgan fingerprint density at radius 1 is 0.864 bits per heavy atom. The highest BCUT2D eigenvalue weighted by molar-refractivity contribution is 7.80. The van der Waals surface area contributed by atoms with E-state index in [-0.39, 0.29) is 5.97 Å². The number of hydrogen-bond donors (Lipinski definition) is 1. The summed E-state index contributed by atoms with van der Waals surface area (Å²) >= 11 is 3.99. The zero-order valence-electron chi connectivity index (χ0n) is 14.5. The summed E-state index contributed by atoms with van der Waals surface area (Å²) in [5, 5.41) is 0. The highest BCUT2D eigenvalue weighted by atomic mass is 32.1. The van der Waals surface area contributed by atoms with E-state index in [1.165, 1.54) is 77.0 Å². The Labute approximate surface area is 143 Å². The Balaban J connectivity index is 3.14. The van der Waals surface area contributed by atoms with E-state index in [0.29, 0.717) is 12.4 Å². The average molecular weight is 329 g/mol. The minimum Gasteiger partial charge on any atom is -0.462 e. The largest absolute Gasteiger partial charge is 0.462 e. The zero-order chi connectivity index (χ0) is 16.3. The van der Waals surface area contributed by atoms with Gasteiger partial charge >= 0.3 is 5.97 Å². The van der Waals surface area contributed by atoms with Crippen molar-refractivity contribution in [3.05, 3.63) is 12.2 Å². The highest BCUT2D eigenvalue weighted by Crippen LogP contribution is 2.12. The Hall–Kier alpha value is -0.440. The summed E-state index contributed by atoms with van der Waals surface area (Å²) in [5.41, 5.74) is 0. The van der Waals surface area contributed by atoms with E-state index in [2.05, 4.69) is 19.6 Å². The summed E-state index contributed by atoms with van der Waals surface area (Å²) in [6.45, 7) is 2.66. The van der Waals surface area contributed by atoms with Crippen LogP contribution in [0.15, 0.2) is 12.2 Å². The van der Waals surface area contributed by atoms with Crippen molar-refractivity contribution < 1.29 is 9.53 Å². The molecule has 0 radical (unpaired) electrons. The molecule has 130 valence electrons. The summed E-state index contributed by atoms with van der Waals surface area (Å²) in [6.07, 6.45) is 20.8. The molecule has 22 heavy (non-hydrogen) atoms. The number of hydrogen-bond acceptors (Lipinski definition) is 3. The van der Waals surface area contributed by atoms with E-state index >= 15 is 0 Å². The van der Waals surface area contributed by atoms with Gasteiger partial charge in [0.25, 0.3) is 0 Å². The van der Waals surface area contributed by atoms with Crippen LogP contribution in [-0.4, -0.2) is 18.3 Å². The van der Waals surface area contributed by atoms with Crippen molar-refractivity contribution in [1.29, 1.82) is 0 Å². The standard InChI is InChI=1S/C19H36O2S/c1-2-3-4-5-6-7-8-9-10-11-12-13-14-15-16-19(20)21-17-18-22/h15-16,22H,2-14,17-18H2,1H3/b16-15+. The molecule has 0 amide bonds. The summed E-state index contributed by atoms with van der Waals surface area (Å²) in [7, 11) is 0. The third-order valence-corrected chi connectivity index (χ3v) is 4.00. The van der Waals surface area contributed by atoms with Crippen molar-refractivity contribution >= 4 is 18.6 Å². The lowest BCUT2D eigenvalue weighted by molar-refractivity contribution is -0.137. The van der Waals surface area contributed by atoms with Gasteiger partial charge in [-0.15, -0.1) is 0 Å². The number of esters is 1. The number of rotatable bonds is 16. The van der Waals surface area contributed by atoms with Gasteiger partial charge in [-0.3, -0.25) is 0 Å². The minimum absolute atomic E-state index is 0.243. The quantitative estimate of drug-likeness (QED) is 0.160. The van der Waals surface area contributed by atoms with Crippen LogP contribution in [0.2, 0.25) is 0 Å². The van der Waals surface area contributed by atoms with E-state index < -0.39 is 0 Å². The molecule has 0 saturated heterocycles. The van der Waals surface area contributed by atoms with Gasteiger partial charge in [0, 0.05) is 11.8 Å². The molecule has 0 rings (SSSR count). The van der Waals surface area contributed by atoms with Crippen LogP contribution in [0.4, 0.5) is 0 Å². The number of allylic oxidation sites excluding steroid dienone is 1. The maximum atomic E-state index is 11.2. The molecule has 0 fully saturated rings. The molecular weight excluding hydrogens is 292 g/mol. The highest BCUT2D eigenvalue weighted by Gasteiger charge is 1.95. The lowest BCUT2D eigenvalue weighted by Crippen LogP contribution is -2.02. The topological polar surface area (TPSA) is 26.3 Å². The maximum Gasteiger partial charge on any atom is 0.330 e. The lowest BCUT2D eigenvalue weighted by Gasteiger charge is -2.02. The third-order valence-electron chi connectivity index (χ3n) is 3.81. The molecule has 0 saturated carbocycles. The van der Waals surface area contributed by atoms with E-state index in [1.54, 1.807) is 6.08 Å². The van der Waals surface area contributed by atoms with Gasteiger partial charge in [0.1, 0.15) is 6.61 Å². The molecule has 0 atom stereocenters. The van der Waals surface area contributed by atoms with Gasteiger partial charge < -0.3 is 4.74 Å². The Morgan fingerprint density at radius 3 is 1.86 bits per heavy atom. The zero-order valence-corrected chi connectivity index (χ0v) is 15.4. The maximum absolute atomic E-state index is 11.2. The molecule has 3 heteroatoms. The van der Waals surface area contributed by atoms with Gasteiger partial charge in [0.2, 0.25) is 0 Å². The summed E-state index contributed by atoms with van der Waals surface area (Å²) in [5.74, 6) is 0.339. The van der Waals surface area contributed by atoms with Crippen molar-refractivity contribution in [2.45, 2.75) is 90.4 Å². The molecule has 0 aromatic carbocycles. The predicted octanol–water partition coefficient (Wildman–Crippen LogP) is 6.11. The lowest BCUT2D eigenvalue weighted by atomic mass is 10.0. The molecule has 0 unspecified atom stereocenters. The van der Waals surface area contributed by atoms with Crippen molar-refractivity contribution in [2.75, 3.05) is 12.4 Å². The Morgan fingerprint density at radius 2 is 1.36 bits per heavy atom. The van der Waals surface area contributed by atoms with Crippen molar-refractivity contribution in [3.63, 3.8) is 0 Å². The first-order valence-electron chi connectivity index (χ1n) is 9.25. The molecule has 0 aliphatic heterocycles. The van der Waals surface area contributed by atoms with Crippen LogP contribution in [0.1, 0.15) is 90.4 Å². The first-order valence-corrected chi connectivity index (χ1v) is 9.88. The number of ether oxygens (including phenoxy) is 1. The summed E-state index contributed by atoms with van der Waals surface area (Å²) < 4.78 is 4.90. The van der Waals surface area contributed by atoms with Crippen LogP contribution in [0.3, 0.4) is 0 Å². The second kappa shape index (κ2) is 18.6. The van der Waals surface area contributed by atoms with Crippen molar-refractivity contribution in [3.8, 4) is 0 Å². The molecular formula is C19H36O2S. The average Bonchev–Trinajstić information content (AvgIpc) is 2.53. The van der Waals surface area contributed by atoms with Crippen molar-refractivity contribution in [1.82, 2.24) is 0 Å². The molecule has 2 nitrogen and oxygen atoms in total. The minimum atomic E-state index is -0.243. The van der Waals surface area contributed by atoms with Crippen LogP contribution in [-0.2, 0) is 9.53 Å². The van der Waals surface area contributed by atoms with E-state index in [4.69, 9.17) is 4.74 Å². The number of carbonyl (C=O) groups excluding carboxylic acids is 1. The van der Waals surface area contributed by atoms with Crippen LogP contribution >= 0.6 is 12.6 Å². The van der Waals surface area contributed by atoms with E-state index in [9.17, 15) is 4.79 Å². The van der Waals surface area contributed by atoms with Crippen LogP contribution < -0.4 is 0 Å². The molecule has 0 bridgehead atoms. The molecule has 0 aliphatic carbocycles. The van der Waals surface area contributed by atoms with Gasteiger partial charge in [0.05, 0.1) is 0 Å². The van der Waals surface area contributed by atoms with Gasteiger partial charge in [-0.1, -0.05) is 83.6 Å². The smallest absolute Gasteiger partial charge is 0.330 e. The SMILES string of the molecule is CCCCCCCCCCCCCC/C=C/C(=O)OCCS. The third kappa shape index (κ3) is 17.6. The van der Waals surface area contributed by atoms with Gasteiger partial charge in [-0.25, -0.2) is 4.79 Å². The molecule has 0 aliphatic rings.